The maximum absolute atomic E-state index is 12.5. The van der Waals surface area contributed by atoms with Gasteiger partial charge in [0.25, 0.3) is 5.91 Å². The lowest BCUT2D eigenvalue weighted by molar-refractivity contribution is -0.122. The number of para-hydroxylation sites is 1. The number of nitrogens with one attached hydrogen (secondary N) is 1. The van der Waals surface area contributed by atoms with E-state index >= 15 is 0 Å². The third kappa shape index (κ3) is 3.66. The van der Waals surface area contributed by atoms with Crippen molar-refractivity contribution < 1.29 is 19.1 Å². The number of carbonyl (C=O) groups is 3. The molecule has 7 heteroatoms. The van der Waals surface area contributed by atoms with Gasteiger partial charge in [0, 0.05) is 17.4 Å². The minimum atomic E-state index is -0.729. The monoisotopic (exact) mass is 353 g/mol. The highest BCUT2D eigenvalue weighted by Crippen LogP contribution is 2.31. The summed E-state index contributed by atoms with van der Waals surface area (Å²) >= 11 is 0. The van der Waals surface area contributed by atoms with E-state index in [0.717, 1.165) is 17.7 Å². The highest BCUT2D eigenvalue weighted by molar-refractivity contribution is 5.99. The van der Waals surface area contributed by atoms with Crippen molar-refractivity contribution in [2.75, 3.05) is 16.8 Å². The number of carbonyl (C=O) groups excluding carboxylic acids is 3. The van der Waals surface area contributed by atoms with E-state index in [-0.39, 0.29) is 24.1 Å². The number of urea groups is 1. The number of anilines is 2. The van der Waals surface area contributed by atoms with Gasteiger partial charge >= 0.3 is 12.0 Å². The van der Waals surface area contributed by atoms with Crippen LogP contribution >= 0.6 is 0 Å². The lowest BCUT2D eigenvalue weighted by Crippen LogP contribution is -2.38. The van der Waals surface area contributed by atoms with Crippen molar-refractivity contribution in [2.45, 2.75) is 19.4 Å². The molecular weight excluding hydrogens is 334 g/mol. The van der Waals surface area contributed by atoms with E-state index in [1.54, 1.807) is 17.0 Å². The Kier molecular flexibility index (Phi) is 4.88. The molecule has 26 heavy (non-hydrogen) atoms. The molecule has 2 aromatic carbocycles. The molecule has 3 amide bonds. The van der Waals surface area contributed by atoms with Crippen molar-refractivity contribution in [1.29, 1.82) is 0 Å². The highest BCUT2D eigenvalue weighted by atomic mass is 16.5. The van der Waals surface area contributed by atoms with Crippen LogP contribution in [0.3, 0.4) is 0 Å². The molecule has 0 unspecified atom stereocenters. The van der Waals surface area contributed by atoms with Crippen LogP contribution in [-0.4, -0.2) is 30.6 Å². The Hall–Kier alpha value is -3.35. The Bertz CT molecular complexity index is 865. The third-order valence-electron chi connectivity index (χ3n) is 4.17. The fourth-order valence-corrected chi connectivity index (χ4v) is 3.09. The van der Waals surface area contributed by atoms with E-state index in [1.807, 2.05) is 31.2 Å². The van der Waals surface area contributed by atoms with Crippen molar-refractivity contribution in [3.8, 4) is 0 Å². The van der Waals surface area contributed by atoms with Gasteiger partial charge in [-0.05, 0) is 43.2 Å². The summed E-state index contributed by atoms with van der Waals surface area (Å²) in [5.41, 5.74) is 7.61. The smallest absolute Gasteiger partial charge is 0.338 e. The molecule has 1 atom stereocenters. The molecule has 7 nitrogen and oxygen atoms in total. The van der Waals surface area contributed by atoms with Crippen LogP contribution in [0.1, 0.15) is 22.8 Å². The van der Waals surface area contributed by atoms with Crippen LogP contribution < -0.4 is 16.0 Å². The number of hydrogen-bond acceptors (Lipinski definition) is 4. The largest absolute Gasteiger partial charge is 0.452 e. The molecule has 0 radical (unpaired) electrons. The Morgan fingerprint density at radius 1 is 1.19 bits per heavy atom. The van der Waals surface area contributed by atoms with Crippen LogP contribution in [0.2, 0.25) is 0 Å². The zero-order valence-corrected chi connectivity index (χ0v) is 14.3. The zero-order chi connectivity index (χ0) is 18.7. The second kappa shape index (κ2) is 7.26. The van der Waals surface area contributed by atoms with Crippen LogP contribution in [0.5, 0.6) is 0 Å². The van der Waals surface area contributed by atoms with Gasteiger partial charge in [0.1, 0.15) is 0 Å². The number of hydrogen-bond donors (Lipinski definition) is 2. The lowest BCUT2D eigenvalue weighted by Gasteiger charge is -2.22. The summed E-state index contributed by atoms with van der Waals surface area (Å²) in [6.07, 6.45) is 0.774. The minimum Gasteiger partial charge on any atom is -0.452 e. The first-order valence-electron chi connectivity index (χ1n) is 8.19. The van der Waals surface area contributed by atoms with Crippen molar-refractivity contribution in [2.24, 2.45) is 5.73 Å². The van der Waals surface area contributed by atoms with Gasteiger partial charge < -0.3 is 20.7 Å². The molecule has 2 aromatic rings. The van der Waals surface area contributed by atoms with Crippen molar-refractivity contribution >= 4 is 29.3 Å². The molecule has 0 bridgehead atoms. The summed E-state index contributed by atoms with van der Waals surface area (Å²) in [4.78, 5) is 37.3. The van der Waals surface area contributed by atoms with Gasteiger partial charge in [0.2, 0.25) is 0 Å². The molecule has 1 heterocycles. The minimum absolute atomic E-state index is 0.0155. The summed E-state index contributed by atoms with van der Waals surface area (Å²) < 4.78 is 5.15. The molecule has 3 rings (SSSR count). The number of rotatable bonds is 4. The summed E-state index contributed by atoms with van der Waals surface area (Å²) in [5.74, 6) is -0.922. The van der Waals surface area contributed by atoms with Crippen molar-refractivity contribution in [3.05, 3.63) is 59.7 Å². The quantitative estimate of drug-likeness (QED) is 0.824. The maximum atomic E-state index is 12.5. The van der Waals surface area contributed by atoms with Gasteiger partial charge in [-0.15, -0.1) is 0 Å². The van der Waals surface area contributed by atoms with E-state index < -0.39 is 12.0 Å². The molecule has 3 N–H and O–H groups in total. The number of ether oxygens (including phenoxy) is 1. The molecule has 1 aliphatic heterocycles. The van der Waals surface area contributed by atoms with E-state index in [2.05, 4.69) is 5.32 Å². The third-order valence-corrected chi connectivity index (χ3v) is 4.17. The van der Waals surface area contributed by atoms with Crippen molar-refractivity contribution in [1.82, 2.24) is 0 Å². The Morgan fingerprint density at radius 3 is 2.73 bits per heavy atom. The lowest BCUT2D eigenvalue weighted by atomic mass is 10.1. The highest BCUT2D eigenvalue weighted by Gasteiger charge is 2.31. The fraction of sp³-hybridized carbons (Fsp3) is 0.211. The first-order chi connectivity index (χ1) is 12.5. The molecule has 0 saturated carbocycles. The molecule has 1 aliphatic rings. The average Bonchev–Trinajstić information content (AvgIpc) is 2.94. The SMILES string of the molecule is C[C@H]1Cc2ccccc2N1C(=O)COC(=O)c1cccc(NC(N)=O)c1. The first-order valence-corrected chi connectivity index (χ1v) is 8.19. The first kappa shape index (κ1) is 17.5. The summed E-state index contributed by atoms with van der Waals surface area (Å²) in [5, 5.41) is 2.38. The molecule has 134 valence electrons. The van der Waals surface area contributed by atoms with E-state index in [1.165, 1.54) is 12.1 Å². The van der Waals surface area contributed by atoms with Crippen LogP contribution in [0.4, 0.5) is 16.2 Å². The standard InChI is InChI=1S/C19H19N3O4/c1-12-9-13-5-2-3-8-16(13)22(12)17(23)11-26-18(24)14-6-4-7-15(10-14)21-19(20)25/h2-8,10,12H,9,11H2,1H3,(H3,20,21,25)/t12-/m0/s1. The summed E-state index contributed by atoms with van der Waals surface area (Å²) in [7, 11) is 0. The second-order valence-electron chi connectivity index (χ2n) is 6.09. The zero-order valence-electron chi connectivity index (χ0n) is 14.3. The average molecular weight is 353 g/mol. The fourth-order valence-electron chi connectivity index (χ4n) is 3.09. The van der Waals surface area contributed by atoms with Gasteiger partial charge in [-0.2, -0.15) is 0 Å². The maximum Gasteiger partial charge on any atom is 0.338 e. The molecule has 0 aliphatic carbocycles. The van der Waals surface area contributed by atoms with Crippen LogP contribution in [0.25, 0.3) is 0 Å². The number of nitrogens with two attached hydrogens (primary N) is 1. The molecule has 0 saturated heterocycles. The predicted octanol–water partition coefficient (Wildman–Crippen LogP) is 2.31. The van der Waals surface area contributed by atoms with Crippen LogP contribution in [-0.2, 0) is 16.0 Å². The predicted molar refractivity (Wildman–Crippen MR) is 97.0 cm³/mol. The van der Waals surface area contributed by atoms with E-state index in [9.17, 15) is 14.4 Å². The summed E-state index contributed by atoms with van der Waals surface area (Å²) in [6.45, 7) is 1.60. The van der Waals surface area contributed by atoms with Crippen molar-refractivity contribution in [3.63, 3.8) is 0 Å². The Balaban J connectivity index is 1.65. The normalized spacial score (nSPS) is 15.3. The van der Waals surface area contributed by atoms with Crippen LogP contribution in [0.15, 0.2) is 48.5 Å². The van der Waals surface area contributed by atoms with Gasteiger partial charge in [0.15, 0.2) is 6.61 Å². The van der Waals surface area contributed by atoms with E-state index in [4.69, 9.17) is 10.5 Å². The number of esters is 1. The molecule has 0 spiro atoms. The molecule has 0 aromatic heterocycles. The molecule has 0 fully saturated rings. The second-order valence-corrected chi connectivity index (χ2v) is 6.09. The number of benzene rings is 2. The number of fused-ring (bicyclic) bond motifs is 1. The van der Waals surface area contributed by atoms with Gasteiger partial charge in [-0.25, -0.2) is 9.59 Å². The van der Waals surface area contributed by atoms with Crippen LogP contribution in [0, 0.1) is 0 Å². The van der Waals surface area contributed by atoms with Gasteiger partial charge in [-0.3, -0.25) is 4.79 Å². The van der Waals surface area contributed by atoms with Gasteiger partial charge in [0.05, 0.1) is 5.56 Å². The van der Waals surface area contributed by atoms with E-state index in [0.29, 0.717) is 5.69 Å². The Morgan fingerprint density at radius 2 is 1.96 bits per heavy atom. The number of nitrogens with zero attached hydrogens (tertiary/aromatic N) is 1. The summed E-state index contributed by atoms with van der Waals surface area (Å²) in [6, 6.07) is 13.1. The number of primary amides is 1. The number of amides is 3. The molecular formula is C19H19N3O4. The Labute approximate surface area is 150 Å². The topological polar surface area (TPSA) is 102 Å². The van der Waals surface area contributed by atoms with Gasteiger partial charge in [-0.1, -0.05) is 24.3 Å².